The van der Waals surface area contributed by atoms with Crippen LogP contribution in [-0.2, 0) is 4.79 Å². The highest BCUT2D eigenvalue weighted by atomic mass is 16.1. The van der Waals surface area contributed by atoms with Gasteiger partial charge in [0.2, 0.25) is 5.91 Å². The molecular formula is C11H15NO. The van der Waals surface area contributed by atoms with E-state index in [1.165, 1.54) is 0 Å². The molecule has 0 bridgehead atoms. The summed E-state index contributed by atoms with van der Waals surface area (Å²) in [7, 11) is 1.66. The molecular weight excluding hydrogens is 162 g/mol. The number of amides is 1. The van der Waals surface area contributed by atoms with Gasteiger partial charge in [0.1, 0.15) is 0 Å². The first-order chi connectivity index (χ1) is 6.25. The molecule has 70 valence electrons. The highest BCUT2D eigenvalue weighted by Crippen LogP contribution is 2.14. The molecule has 0 aromatic carbocycles. The van der Waals surface area contributed by atoms with Gasteiger partial charge in [-0.1, -0.05) is 30.4 Å². The molecule has 0 spiro atoms. The van der Waals surface area contributed by atoms with Gasteiger partial charge in [-0.3, -0.25) is 4.79 Å². The Morgan fingerprint density at radius 2 is 2.31 bits per heavy atom. The van der Waals surface area contributed by atoms with Crippen molar-refractivity contribution in [1.29, 1.82) is 0 Å². The Labute approximate surface area is 79.0 Å². The number of allylic oxidation sites excluding steroid dienone is 5. The molecule has 2 heteroatoms. The molecule has 0 saturated carbocycles. The van der Waals surface area contributed by atoms with Gasteiger partial charge in [0, 0.05) is 7.05 Å². The van der Waals surface area contributed by atoms with Crippen molar-refractivity contribution in [2.75, 3.05) is 7.05 Å². The molecule has 0 aromatic rings. The summed E-state index contributed by atoms with van der Waals surface area (Å²) in [5.74, 6) is -0.00444. The van der Waals surface area contributed by atoms with Gasteiger partial charge in [-0.2, -0.15) is 0 Å². The average molecular weight is 177 g/mol. The number of carbonyl (C=O) groups excluding carboxylic acids is 1. The average Bonchev–Trinajstić information content (AvgIpc) is 2.43. The van der Waals surface area contributed by atoms with Gasteiger partial charge in [0.05, 0.1) is 5.92 Å². The van der Waals surface area contributed by atoms with Gasteiger partial charge < -0.3 is 5.32 Å². The summed E-state index contributed by atoms with van der Waals surface area (Å²) in [6.45, 7) is 1.91. The number of rotatable bonds is 2. The maximum atomic E-state index is 11.3. The first-order valence-corrected chi connectivity index (χ1v) is 4.50. The number of hydrogen-bond donors (Lipinski definition) is 1. The highest BCUT2D eigenvalue weighted by Gasteiger charge is 2.13. The van der Waals surface area contributed by atoms with Gasteiger partial charge >= 0.3 is 0 Å². The van der Waals surface area contributed by atoms with Crippen LogP contribution in [0.5, 0.6) is 0 Å². The van der Waals surface area contributed by atoms with E-state index in [0.717, 1.165) is 12.0 Å². The quantitative estimate of drug-likeness (QED) is 0.684. The Morgan fingerprint density at radius 1 is 1.54 bits per heavy atom. The lowest BCUT2D eigenvalue weighted by Crippen LogP contribution is -2.26. The first-order valence-electron chi connectivity index (χ1n) is 4.50. The fraction of sp³-hybridized carbons (Fsp3) is 0.364. The van der Waals surface area contributed by atoms with E-state index in [0.29, 0.717) is 0 Å². The van der Waals surface area contributed by atoms with Crippen LogP contribution in [0.25, 0.3) is 0 Å². The van der Waals surface area contributed by atoms with Crippen molar-refractivity contribution in [3.63, 3.8) is 0 Å². The number of nitrogens with one attached hydrogen (secondary N) is 1. The van der Waals surface area contributed by atoms with Crippen molar-refractivity contribution < 1.29 is 4.79 Å². The minimum Gasteiger partial charge on any atom is -0.359 e. The van der Waals surface area contributed by atoms with Gasteiger partial charge in [-0.15, -0.1) is 0 Å². The smallest absolute Gasteiger partial charge is 0.227 e. The molecule has 0 saturated heterocycles. The van der Waals surface area contributed by atoms with Crippen LogP contribution in [0.3, 0.4) is 0 Å². The lowest BCUT2D eigenvalue weighted by molar-refractivity contribution is -0.122. The Morgan fingerprint density at radius 3 is 3.00 bits per heavy atom. The Hall–Kier alpha value is -1.31. The van der Waals surface area contributed by atoms with Crippen molar-refractivity contribution >= 4 is 5.91 Å². The number of hydrogen-bond acceptors (Lipinski definition) is 1. The fourth-order valence-corrected chi connectivity index (χ4v) is 1.25. The lowest BCUT2D eigenvalue weighted by Gasteiger charge is -2.09. The third-order valence-corrected chi connectivity index (χ3v) is 2.15. The molecule has 1 atom stereocenters. The predicted octanol–water partition coefficient (Wildman–Crippen LogP) is 1.81. The molecule has 1 aliphatic carbocycles. The summed E-state index contributed by atoms with van der Waals surface area (Å²) in [5, 5.41) is 2.64. The second-order valence-electron chi connectivity index (χ2n) is 3.07. The lowest BCUT2D eigenvalue weighted by atomic mass is 10.00. The molecule has 0 unspecified atom stereocenters. The third kappa shape index (κ3) is 2.58. The Kier molecular flexibility index (Phi) is 3.50. The zero-order chi connectivity index (χ0) is 9.68. The van der Waals surface area contributed by atoms with Crippen molar-refractivity contribution in [3.05, 3.63) is 36.0 Å². The van der Waals surface area contributed by atoms with E-state index in [1.54, 1.807) is 7.05 Å². The summed E-state index contributed by atoms with van der Waals surface area (Å²) < 4.78 is 0. The van der Waals surface area contributed by atoms with Crippen LogP contribution < -0.4 is 5.32 Å². The molecule has 0 aliphatic heterocycles. The van der Waals surface area contributed by atoms with Crippen molar-refractivity contribution in [3.8, 4) is 0 Å². The fourth-order valence-electron chi connectivity index (χ4n) is 1.25. The monoisotopic (exact) mass is 177 g/mol. The second kappa shape index (κ2) is 4.65. The zero-order valence-electron chi connectivity index (χ0n) is 8.08. The summed E-state index contributed by atoms with van der Waals surface area (Å²) in [4.78, 5) is 11.3. The number of carbonyl (C=O) groups is 1. The maximum Gasteiger partial charge on any atom is 0.227 e. The van der Waals surface area contributed by atoms with Crippen LogP contribution >= 0.6 is 0 Å². The minimum atomic E-state index is -0.0657. The van der Waals surface area contributed by atoms with Crippen molar-refractivity contribution in [1.82, 2.24) is 5.32 Å². The van der Waals surface area contributed by atoms with Gasteiger partial charge in [0.15, 0.2) is 0 Å². The molecule has 1 N–H and O–H groups in total. The molecule has 0 aromatic heterocycles. The maximum absolute atomic E-state index is 11.3. The molecule has 0 heterocycles. The molecule has 13 heavy (non-hydrogen) atoms. The van der Waals surface area contributed by atoms with Gasteiger partial charge in [-0.05, 0) is 18.9 Å². The highest BCUT2D eigenvalue weighted by molar-refractivity contribution is 5.81. The van der Waals surface area contributed by atoms with Crippen LogP contribution in [0.4, 0.5) is 0 Å². The zero-order valence-corrected chi connectivity index (χ0v) is 8.08. The first kappa shape index (κ1) is 9.78. The SMILES string of the molecule is CNC(=O)[C@@H](C)C1=CC=CCC=C1. The van der Waals surface area contributed by atoms with E-state index in [-0.39, 0.29) is 11.8 Å². The molecule has 2 nitrogen and oxygen atoms in total. The van der Waals surface area contributed by atoms with Crippen molar-refractivity contribution in [2.24, 2.45) is 5.92 Å². The minimum absolute atomic E-state index is 0.0613. The topological polar surface area (TPSA) is 29.1 Å². The second-order valence-corrected chi connectivity index (χ2v) is 3.07. The van der Waals surface area contributed by atoms with E-state index in [4.69, 9.17) is 0 Å². The van der Waals surface area contributed by atoms with Gasteiger partial charge in [0.25, 0.3) is 0 Å². The van der Waals surface area contributed by atoms with E-state index in [2.05, 4.69) is 17.5 Å². The summed E-state index contributed by atoms with van der Waals surface area (Å²) in [6.07, 6.45) is 11.1. The van der Waals surface area contributed by atoms with E-state index < -0.39 is 0 Å². The van der Waals surface area contributed by atoms with E-state index in [1.807, 2.05) is 25.2 Å². The predicted molar refractivity (Wildman–Crippen MR) is 54.2 cm³/mol. The van der Waals surface area contributed by atoms with Crippen LogP contribution in [0.15, 0.2) is 36.0 Å². The summed E-state index contributed by atoms with van der Waals surface area (Å²) in [5.41, 5.74) is 1.06. The molecule has 1 amide bonds. The van der Waals surface area contributed by atoms with E-state index >= 15 is 0 Å². The van der Waals surface area contributed by atoms with Crippen LogP contribution in [0, 0.1) is 5.92 Å². The summed E-state index contributed by atoms with van der Waals surface area (Å²) in [6, 6.07) is 0. The van der Waals surface area contributed by atoms with E-state index in [9.17, 15) is 4.79 Å². The summed E-state index contributed by atoms with van der Waals surface area (Å²) >= 11 is 0. The van der Waals surface area contributed by atoms with Crippen molar-refractivity contribution in [2.45, 2.75) is 13.3 Å². The normalized spacial score (nSPS) is 17.5. The van der Waals surface area contributed by atoms with Crippen LogP contribution in [0.1, 0.15) is 13.3 Å². The molecule has 0 fully saturated rings. The van der Waals surface area contributed by atoms with Crippen LogP contribution in [0.2, 0.25) is 0 Å². The van der Waals surface area contributed by atoms with Gasteiger partial charge in [-0.25, -0.2) is 0 Å². The Balaban J connectivity index is 2.75. The standard InChI is InChI=1S/C11H15NO/c1-9(11(13)12-2)10-7-5-3-4-6-8-10/h3,5-9H,4H2,1-2H3,(H,12,13)/t9-/m0/s1. The Bertz CT molecular complexity index is 274. The van der Waals surface area contributed by atoms with Crippen LogP contribution in [-0.4, -0.2) is 13.0 Å². The molecule has 1 rings (SSSR count). The third-order valence-electron chi connectivity index (χ3n) is 2.15. The largest absolute Gasteiger partial charge is 0.359 e. The molecule has 0 radical (unpaired) electrons. The molecule has 1 aliphatic rings.